The zero-order valence-electron chi connectivity index (χ0n) is 13.5. The van der Waals surface area contributed by atoms with Gasteiger partial charge in [-0.3, -0.25) is 4.79 Å². The fourth-order valence-corrected chi connectivity index (χ4v) is 7.97. The molecule has 5 nitrogen and oxygen atoms in total. The third-order valence-electron chi connectivity index (χ3n) is 3.77. The van der Waals surface area contributed by atoms with E-state index in [2.05, 4.69) is 15.9 Å². The van der Waals surface area contributed by atoms with Crippen molar-refractivity contribution >= 4 is 66.3 Å². The summed E-state index contributed by atoms with van der Waals surface area (Å²) in [5.74, 6) is 1.32. The second-order valence-corrected chi connectivity index (χ2v) is 11.5. The number of sulfonamides is 1. The Bertz CT molecular complexity index is 856. The summed E-state index contributed by atoms with van der Waals surface area (Å²) in [5, 5.41) is 3.64. The summed E-state index contributed by atoms with van der Waals surface area (Å²) in [5.41, 5.74) is 0. The number of halogens is 1. The average Bonchev–Trinajstić information content (AvgIpc) is 3.24. The second kappa shape index (κ2) is 8.10. The maximum absolute atomic E-state index is 12.9. The van der Waals surface area contributed by atoms with Gasteiger partial charge >= 0.3 is 0 Å². The van der Waals surface area contributed by atoms with Crippen LogP contribution in [0, 0.1) is 0 Å². The molecule has 0 N–H and O–H groups in total. The van der Waals surface area contributed by atoms with Gasteiger partial charge in [-0.15, -0.1) is 22.7 Å². The van der Waals surface area contributed by atoms with Crippen LogP contribution >= 0.6 is 50.4 Å². The number of hydrogen-bond donors (Lipinski definition) is 0. The monoisotopic (exact) mass is 480 g/mol. The lowest BCUT2D eigenvalue weighted by Crippen LogP contribution is -2.38. The molecule has 0 saturated carbocycles. The molecular weight excluding hydrogens is 464 g/mol. The topological polar surface area (TPSA) is 57.7 Å². The molecular formula is C15H17BrN2O3S4. The summed E-state index contributed by atoms with van der Waals surface area (Å²) in [7, 11) is -1.92. The van der Waals surface area contributed by atoms with Crippen LogP contribution in [0.3, 0.4) is 0 Å². The fourth-order valence-electron chi connectivity index (χ4n) is 2.50. The van der Waals surface area contributed by atoms with Crippen LogP contribution in [0.25, 0.3) is 0 Å². The van der Waals surface area contributed by atoms with Crippen molar-refractivity contribution in [3.05, 3.63) is 37.1 Å². The first-order valence-electron chi connectivity index (χ1n) is 7.53. The molecule has 1 saturated heterocycles. The van der Waals surface area contributed by atoms with Gasteiger partial charge in [0.1, 0.15) is 9.77 Å². The van der Waals surface area contributed by atoms with Crippen LogP contribution < -0.4 is 0 Å². The standard InChI is InChI=1S/C15H17BrN2O3S4/c1-17(9-12-8-11(16)10-24-12)15(19)14-13(2-5-23-14)25(20,21)18-3-6-22-7-4-18/h2,5,8,10H,3-4,6-7,9H2,1H3. The van der Waals surface area contributed by atoms with Crippen molar-refractivity contribution < 1.29 is 13.2 Å². The molecule has 136 valence electrons. The molecule has 1 aliphatic heterocycles. The predicted molar refractivity (Wildman–Crippen MR) is 108 cm³/mol. The van der Waals surface area contributed by atoms with Gasteiger partial charge in [0, 0.05) is 46.4 Å². The van der Waals surface area contributed by atoms with E-state index in [-0.39, 0.29) is 15.7 Å². The molecule has 25 heavy (non-hydrogen) atoms. The van der Waals surface area contributed by atoms with Gasteiger partial charge in [-0.2, -0.15) is 16.1 Å². The summed E-state index contributed by atoms with van der Waals surface area (Å²) in [4.78, 5) is 15.8. The van der Waals surface area contributed by atoms with Crippen molar-refractivity contribution in [2.45, 2.75) is 11.4 Å². The molecule has 3 rings (SSSR count). The van der Waals surface area contributed by atoms with E-state index in [1.54, 1.807) is 46.5 Å². The Morgan fingerprint density at radius 3 is 2.68 bits per heavy atom. The van der Waals surface area contributed by atoms with Gasteiger partial charge in [-0.25, -0.2) is 8.42 Å². The van der Waals surface area contributed by atoms with Crippen LogP contribution in [-0.4, -0.2) is 55.2 Å². The molecule has 10 heteroatoms. The van der Waals surface area contributed by atoms with Crippen molar-refractivity contribution in [2.75, 3.05) is 31.6 Å². The van der Waals surface area contributed by atoms with Gasteiger partial charge in [-0.1, -0.05) is 0 Å². The summed E-state index contributed by atoms with van der Waals surface area (Å²) < 4.78 is 28.3. The molecule has 3 heterocycles. The van der Waals surface area contributed by atoms with Crippen molar-refractivity contribution in [1.29, 1.82) is 0 Å². The van der Waals surface area contributed by atoms with Gasteiger partial charge in [0.2, 0.25) is 10.0 Å². The number of carbonyl (C=O) groups is 1. The first kappa shape index (κ1) is 19.4. The maximum atomic E-state index is 12.9. The Labute approximate surface area is 168 Å². The molecule has 0 radical (unpaired) electrons. The summed E-state index contributed by atoms with van der Waals surface area (Å²) in [6.45, 7) is 1.44. The number of rotatable bonds is 5. The molecule has 1 amide bonds. The van der Waals surface area contributed by atoms with Gasteiger partial charge in [0.25, 0.3) is 5.91 Å². The van der Waals surface area contributed by atoms with Crippen LogP contribution in [0.15, 0.2) is 32.3 Å². The smallest absolute Gasteiger partial charge is 0.265 e. The number of amides is 1. The highest BCUT2D eigenvalue weighted by Crippen LogP contribution is 2.29. The molecule has 2 aromatic heterocycles. The lowest BCUT2D eigenvalue weighted by Gasteiger charge is -2.26. The summed E-state index contributed by atoms with van der Waals surface area (Å²) >= 11 is 7.89. The molecule has 1 fully saturated rings. The molecule has 0 atom stereocenters. The minimum Gasteiger partial charge on any atom is -0.336 e. The number of thiophene rings is 2. The number of thioether (sulfide) groups is 1. The van der Waals surface area contributed by atoms with E-state index in [4.69, 9.17) is 0 Å². The molecule has 0 unspecified atom stereocenters. The molecule has 2 aromatic rings. The highest BCUT2D eigenvalue weighted by Gasteiger charge is 2.32. The lowest BCUT2D eigenvalue weighted by molar-refractivity contribution is 0.0787. The van der Waals surface area contributed by atoms with Gasteiger partial charge < -0.3 is 4.90 Å². The van der Waals surface area contributed by atoms with Crippen LogP contribution in [0.5, 0.6) is 0 Å². The van der Waals surface area contributed by atoms with Crippen LogP contribution in [0.2, 0.25) is 0 Å². The first-order valence-corrected chi connectivity index (χ1v) is 12.7. The highest BCUT2D eigenvalue weighted by atomic mass is 79.9. The lowest BCUT2D eigenvalue weighted by atomic mass is 10.3. The largest absolute Gasteiger partial charge is 0.336 e. The summed E-state index contributed by atoms with van der Waals surface area (Å²) in [6.07, 6.45) is 0. The van der Waals surface area contributed by atoms with E-state index in [9.17, 15) is 13.2 Å². The zero-order valence-corrected chi connectivity index (χ0v) is 18.3. The molecule has 1 aliphatic rings. The van der Waals surface area contributed by atoms with E-state index in [1.807, 2.05) is 11.4 Å². The van der Waals surface area contributed by atoms with Crippen LogP contribution in [-0.2, 0) is 16.6 Å². The summed E-state index contributed by atoms with van der Waals surface area (Å²) in [6, 6.07) is 3.51. The van der Waals surface area contributed by atoms with E-state index >= 15 is 0 Å². The van der Waals surface area contributed by atoms with E-state index < -0.39 is 10.0 Å². The number of carbonyl (C=O) groups excluding carboxylic acids is 1. The number of nitrogens with zero attached hydrogens (tertiary/aromatic N) is 2. The Balaban J connectivity index is 1.81. The van der Waals surface area contributed by atoms with Crippen molar-refractivity contribution in [3.8, 4) is 0 Å². The Hall–Kier alpha value is -0.390. The average molecular weight is 481 g/mol. The highest BCUT2D eigenvalue weighted by molar-refractivity contribution is 9.10. The van der Waals surface area contributed by atoms with Gasteiger partial charge in [-0.05, 0) is 33.4 Å². The SMILES string of the molecule is CN(Cc1cc(Br)cs1)C(=O)c1sccc1S(=O)(=O)N1CCSCC1. The minimum absolute atomic E-state index is 0.133. The Morgan fingerprint density at radius 1 is 1.32 bits per heavy atom. The van der Waals surface area contributed by atoms with E-state index in [0.717, 1.165) is 20.9 Å². The zero-order chi connectivity index (χ0) is 18.0. The fraction of sp³-hybridized carbons (Fsp3) is 0.400. The maximum Gasteiger partial charge on any atom is 0.265 e. The van der Waals surface area contributed by atoms with E-state index in [0.29, 0.717) is 19.6 Å². The van der Waals surface area contributed by atoms with Crippen molar-refractivity contribution in [3.63, 3.8) is 0 Å². The van der Waals surface area contributed by atoms with Crippen molar-refractivity contribution in [2.24, 2.45) is 0 Å². The number of hydrogen-bond acceptors (Lipinski definition) is 6. The van der Waals surface area contributed by atoms with Gasteiger partial charge in [0.05, 0.1) is 6.54 Å². The Morgan fingerprint density at radius 2 is 2.04 bits per heavy atom. The van der Waals surface area contributed by atoms with Crippen LogP contribution in [0.4, 0.5) is 0 Å². The minimum atomic E-state index is -3.62. The second-order valence-electron chi connectivity index (χ2n) is 5.52. The predicted octanol–water partition coefficient (Wildman–Crippen LogP) is 3.58. The normalized spacial score (nSPS) is 16.1. The van der Waals surface area contributed by atoms with Crippen molar-refractivity contribution in [1.82, 2.24) is 9.21 Å². The third-order valence-corrected chi connectivity index (χ3v) is 9.37. The van der Waals surface area contributed by atoms with Gasteiger partial charge in [0.15, 0.2) is 0 Å². The molecule has 0 aromatic carbocycles. The quantitative estimate of drug-likeness (QED) is 0.655. The molecule has 0 spiro atoms. The van der Waals surface area contributed by atoms with Crippen LogP contribution in [0.1, 0.15) is 14.5 Å². The molecule has 0 bridgehead atoms. The Kier molecular flexibility index (Phi) is 6.27. The molecule has 0 aliphatic carbocycles. The third kappa shape index (κ3) is 4.30. The first-order chi connectivity index (χ1) is 11.9. The van der Waals surface area contributed by atoms with E-state index in [1.165, 1.54) is 15.6 Å².